The van der Waals surface area contributed by atoms with E-state index < -0.39 is 17.6 Å². The molecule has 6 heteroatoms. The molecule has 0 heterocycles. The molecule has 0 radical (unpaired) electrons. The monoisotopic (exact) mass is 306 g/mol. The Hall–Kier alpha value is -2.63. The van der Waals surface area contributed by atoms with Gasteiger partial charge in [0.05, 0.1) is 11.8 Å². The molecule has 2 aromatic carbocycles. The molecule has 0 fully saturated rings. The average Bonchev–Trinajstić information content (AvgIpc) is 2.48. The van der Waals surface area contributed by atoms with Crippen LogP contribution in [0.2, 0.25) is 0 Å². The summed E-state index contributed by atoms with van der Waals surface area (Å²) in [5.41, 5.74) is 3.03. The molecule has 0 aliphatic carbocycles. The van der Waals surface area contributed by atoms with E-state index in [1.165, 1.54) is 18.3 Å². The van der Waals surface area contributed by atoms with Crippen LogP contribution >= 0.6 is 0 Å². The standard InChI is InChI=1S/C16H13F3N2O/c1-11-5-2-3-6-13(11)10-20-21-15(22)12-7-4-8-14(9-12)16(17,18)19/h2-10H,1H3,(H,21,22)/b20-10-. The number of amides is 1. The lowest BCUT2D eigenvalue weighted by Crippen LogP contribution is -2.18. The van der Waals surface area contributed by atoms with Crippen LogP contribution in [0.5, 0.6) is 0 Å². The number of hydrazone groups is 1. The number of nitrogens with one attached hydrogen (secondary N) is 1. The summed E-state index contributed by atoms with van der Waals surface area (Å²) in [6.45, 7) is 1.88. The number of halogens is 3. The second-order valence-corrected chi connectivity index (χ2v) is 4.63. The fourth-order valence-corrected chi connectivity index (χ4v) is 1.79. The Bertz CT molecular complexity index is 709. The Labute approximate surface area is 125 Å². The van der Waals surface area contributed by atoms with E-state index in [0.29, 0.717) is 0 Å². The van der Waals surface area contributed by atoms with E-state index in [9.17, 15) is 18.0 Å². The van der Waals surface area contributed by atoms with Crippen LogP contribution in [-0.4, -0.2) is 12.1 Å². The van der Waals surface area contributed by atoms with Crippen LogP contribution in [-0.2, 0) is 6.18 Å². The Morgan fingerprint density at radius 2 is 1.86 bits per heavy atom. The van der Waals surface area contributed by atoms with Crippen molar-refractivity contribution in [2.75, 3.05) is 0 Å². The van der Waals surface area contributed by atoms with E-state index in [1.54, 1.807) is 0 Å². The summed E-state index contributed by atoms with van der Waals surface area (Å²) in [5.74, 6) is -0.698. The Balaban J connectivity index is 2.09. The van der Waals surface area contributed by atoms with E-state index in [-0.39, 0.29) is 5.56 Å². The van der Waals surface area contributed by atoms with Crippen molar-refractivity contribution < 1.29 is 18.0 Å². The third-order valence-electron chi connectivity index (χ3n) is 3.01. The highest BCUT2D eigenvalue weighted by atomic mass is 19.4. The molecule has 0 aromatic heterocycles. The van der Waals surface area contributed by atoms with E-state index in [1.807, 2.05) is 31.2 Å². The van der Waals surface area contributed by atoms with E-state index in [0.717, 1.165) is 23.3 Å². The molecule has 2 aromatic rings. The lowest BCUT2D eigenvalue weighted by atomic mass is 10.1. The smallest absolute Gasteiger partial charge is 0.267 e. The van der Waals surface area contributed by atoms with Crippen LogP contribution in [0.3, 0.4) is 0 Å². The molecule has 0 saturated carbocycles. The average molecular weight is 306 g/mol. The van der Waals surface area contributed by atoms with Gasteiger partial charge in [-0.05, 0) is 36.2 Å². The Kier molecular flexibility index (Phi) is 4.60. The third kappa shape index (κ3) is 3.94. The predicted molar refractivity (Wildman–Crippen MR) is 77.7 cm³/mol. The minimum absolute atomic E-state index is 0.100. The van der Waals surface area contributed by atoms with E-state index in [2.05, 4.69) is 10.5 Å². The van der Waals surface area contributed by atoms with Gasteiger partial charge in [0.25, 0.3) is 5.91 Å². The van der Waals surface area contributed by atoms with E-state index >= 15 is 0 Å². The van der Waals surface area contributed by atoms with Crippen LogP contribution in [0.15, 0.2) is 53.6 Å². The van der Waals surface area contributed by atoms with Gasteiger partial charge < -0.3 is 0 Å². The zero-order valence-electron chi connectivity index (χ0n) is 11.7. The number of benzene rings is 2. The molecule has 114 valence electrons. The SMILES string of the molecule is Cc1ccccc1/C=N\NC(=O)c1cccc(C(F)(F)F)c1. The van der Waals surface area contributed by atoms with Crippen LogP contribution in [0.4, 0.5) is 13.2 Å². The summed E-state index contributed by atoms with van der Waals surface area (Å²) in [5, 5.41) is 3.76. The highest BCUT2D eigenvalue weighted by Crippen LogP contribution is 2.29. The van der Waals surface area contributed by atoms with Crippen molar-refractivity contribution in [3.05, 3.63) is 70.8 Å². The van der Waals surface area contributed by atoms with Gasteiger partial charge in [0.15, 0.2) is 0 Å². The Morgan fingerprint density at radius 1 is 1.14 bits per heavy atom. The number of carbonyl (C=O) groups is 1. The molecule has 1 amide bonds. The summed E-state index contributed by atoms with van der Waals surface area (Å²) in [6.07, 6.45) is -3.04. The molecule has 2 rings (SSSR count). The topological polar surface area (TPSA) is 41.5 Å². The van der Waals surface area contributed by atoms with Crippen molar-refractivity contribution in [1.82, 2.24) is 5.43 Å². The maximum absolute atomic E-state index is 12.6. The zero-order chi connectivity index (χ0) is 16.2. The second kappa shape index (κ2) is 6.43. The maximum Gasteiger partial charge on any atom is 0.416 e. The number of carbonyl (C=O) groups excluding carboxylic acids is 1. The van der Waals surface area contributed by atoms with Crippen molar-refractivity contribution in [2.24, 2.45) is 5.10 Å². The van der Waals surface area contributed by atoms with Gasteiger partial charge in [-0.1, -0.05) is 30.3 Å². The third-order valence-corrected chi connectivity index (χ3v) is 3.01. The van der Waals surface area contributed by atoms with Crippen molar-refractivity contribution in [3.8, 4) is 0 Å². The molecular weight excluding hydrogens is 293 g/mol. The molecule has 0 saturated heterocycles. The van der Waals surface area contributed by atoms with Gasteiger partial charge in [-0.15, -0.1) is 0 Å². The first-order valence-corrected chi connectivity index (χ1v) is 6.44. The minimum Gasteiger partial charge on any atom is -0.267 e. The first-order valence-electron chi connectivity index (χ1n) is 6.44. The van der Waals surface area contributed by atoms with Gasteiger partial charge in [-0.2, -0.15) is 18.3 Å². The van der Waals surface area contributed by atoms with Gasteiger partial charge in [0, 0.05) is 5.56 Å². The lowest BCUT2D eigenvalue weighted by molar-refractivity contribution is -0.137. The molecule has 1 N–H and O–H groups in total. The summed E-state index contributed by atoms with van der Waals surface area (Å²) in [6, 6.07) is 11.6. The van der Waals surface area contributed by atoms with Gasteiger partial charge >= 0.3 is 6.18 Å². The predicted octanol–water partition coefficient (Wildman–Crippen LogP) is 3.78. The number of hydrogen-bond acceptors (Lipinski definition) is 2. The highest BCUT2D eigenvalue weighted by Gasteiger charge is 2.30. The maximum atomic E-state index is 12.6. The molecule has 0 unspecified atom stereocenters. The van der Waals surface area contributed by atoms with Crippen LogP contribution < -0.4 is 5.43 Å². The largest absolute Gasteiger partial charge is 0.416 e. The number of hydrogen-bond donors (Lipinski definition) is 1. The molecule has 3 nitrogen and oxygen atoms in total. The fourth-order valence-electron chi connectivity index (χ4n) is 1.79. The molecule has 0 spiro atoms. The zero-order valence-corrected chi connectivity index (χ0v) is 11.7. The first kappa shape index (κ1) is 15.8. The quantitative estimate of drug-likeness (QED) is 0.680. The highest BCUT2D eigenvalue weighted by molar-refractivity contribution is 5.95. The molecule has 0 atom stereocenters. The van der Waals surface area contributed by atoms with Gasteiger partial charge in [-0.25, -0.2) is 5.43 Å². The van der Waals surface area contributed by atoms with E-state index in [4.69, 9.17) is 0 Å². The number of nitrogens with zero attached hydrogens (tertiary/aromatic N) is 1. The van der Waals surface area contributed by atoms with Crippen molar-refractivity contribution in [1.29, 1.82) is 0 Å². The van der Waals surface area contributed by atoms with Crippen molar-refractivity contribution in [2.45, 2.75) is 13.1 Å². The summed E-state index contributed by atoms with van der Waals surface area (Å²) in [7, 11) is 0. The minimum atomic E-state index is -4.49. The number of alkyl halides is 3. The van der Waals surface area contributed by atoms with Crippen LogP contribution in [0.25, 0.3) is 0 Å². The number of aryl methyl sites for hydroxylation is 1. The van der Waals surface area contributed by atoms with Gasteiger partial charge in [0.2, 0.25) is 0 Å². The van der Waals surface area contributed by atoms with Crippen molar-refractivity contribution in [3.63, 3.8) is 0 Å². The molecular formula is C16H13F3N2O. The molecule has 22 heavy (non-hydrogen) atoms. The summed E-state index contributed by atoms with van der Waals surface area (Å²) in [4.78, 5) is 11.8. The molecule has 0 aliphatic rings. The van der Waals surface area contributed by atoms with Crippen LogP contribution in [0.1, 0.15) is 27.0 Å². The fraction of sp³-hybridized carbons (Fsp3) is 0.125. The summed E-state index contributed by atoms with van der Waals surface area (Å²) >= 11 is 0. The number of rotatable bonds is 3. The molecule has 0 aliphatic heterocycles. The Morgan fingerprint density at radius 3 is 2.55 bits per heavy atom. The summed E-state index contributed by atoms with van der Waals surface area (Å²) < 4.78 is 37.8. The second-order valence-electron chi connectivity index (χ2n) is 4.63. The van der Waals surface area contributed by atoms with Crippen LogP contribution in [0, 0.1) is 6.92 Å². The normalized spacial score (nSPS) is 11.6. The van der Waals surface area contributed by atoms with Crippen molar-refractivity contribution >= 4 is 12.1 Å². The molecule has 0 bridgehead atoms. The first-order chi connectivity index (χ1) is 10.4. The van der Waals surface area contributed by atoms with Gasteiger partial charge in [-0.3, -0.25) is 4.79 Å². The van der Waals surface area contributed by atoms with Gasteiger partial charge in [0.1, 0.15) is 0 Å². The lowest BCUT2D eigenvalue weighted by Gasteiger charge is -2.07.